The van der Waals surface area contributed by atoms with E-state index >= 15 is 0 Å². The summed E-state index contributed by atoms with van der Waals surface area (Å²) in [5.41, 5.74) is 3.42. The van der Waals surface area contributed by atoms with Gasteiger partial charge in [-0.25, -0.2) is 14.4 Å². The molecular formula is C22H22F4N4O2. The van der Waals surface area contributed by atoms with Gasteiger partial charge in [0, 0.05) is 24.7 Å². The Morgan fingerprint density at radius 2 is 1.91 bits per heavy atom. The van der Waals surface area contributed by atoms with Crippen molar-refractivity contribution in [3.63, 3.8) is 0 Å². The highest BCUT2D eigenvalue weighted by Crippen LogP contribution is 2.30. The molecule has 10 heteroatoms. The van der Waals surface area contributed by atoms with Crippen molar-refractivity contribution in [2.24, 2.45) is 0 Å². The molecule has 3 aromatic rings. The van der Waals surface area contributed by atoms with Gasteiger partial charge in [-0.2, -0.15) is 13.2 Å². The minimum atomic E-state index is -4.21. The number of carbonyl (C=O) groups is 1. The van der Waals surface area contributed by atoms with Crippen LogP contribution in [-0.4, -0.2) is 51.5 Å². The predicted molar refractivity (Wildman–Crippen MR) is 109 cm³/mol. The highest BCUT2D eigenvalue weighted by molar-refractivity contribution is 6.00. The topological polar surface area (TPSA) is 70.4 Å². The second-order valence-electron chi connectivity index (χ2n) is 7.80. The Balaban J connectivity index is 1.65. The Morgan fingerprint density at radius 1 is 1.16 bits per heavy atom. The van der Waals surface area contributed by atoms with Crippen LogP contribution in [0.5, 0.6) is 0 Å². The number of alkyl halides is 3. The minimum absolute atomic E-state index is 0.138. The molecule has 0 aliphatic carbocycles. The molecule has 0 bridgehead atoms. The number of carbonyl (C=O) groups excluding carboxylic acids is 1. The zero-order chi connectivity index (χ0) is 22.9. The number of nitrogens with one attached hydrogen (secondary N) is 1. The molecule has 0 fully saturated rings. The number of pyridine rings is 1. The van der Waals surface area contributed by atoms with Gasteiger partial charge >= 0.3 is 6.18 Å². The number of aromatic nitrogens is 2. The molecule has 170 valence electrons. The van der Waals surface area contributed by atoms with Crippen molar-refractivity contribution in [1.29, 1.82) is 0 Å². The number of nitrogens with zero attached hydrogens (tertiary/aromatic N) is 3. The maximum Gasteiger partial charge on any atom is 0.390 e. The quantitative estimate of drug-likeness (QED) is 0.327. The summed E-state index contributed by atoms with van der Waals surface area (Å²) in [4.78, 5) is 16.6. The van der Waals surface area contributed by atoms with Crippen molar-refractivity contribution >= 4 is 16.8 Å². The zero-order valence-electron chi connectivity index (χ0n) is 17.1. The van der Waals surface area contributed by atoms with Crippen LogP contribution in [0.1, 0.15) is 33.6 Å². The summed E-state index contributed by atoms with van der Waals surface area (Å²) in [6.07, 6.45) is -0.777. The van der Waals surface area contributed by atoms with Crippen LogP contribution in [0.2, 0.25) is 0 Å². The fourth-order valence-corrected chi connectivity index (χ4v) is 3.99. The molecule has 0 radical (unpaired) electrons. The highest BCUT2D eigenvalue weighted by atomic mass is 19.4. The average molecular weight is 450 g/mol. The predicted octanol–water partition coefficient (Wildman–Crippen LogP) is 3.70. The van der Waals surface area contributed by atoms with E-state index in [4.69, 9.17) is 0 Å². The Hall–Kier alpha value is -2.98. The van der Waals surface area contributed by atoms with Crippen molar-refractivity contribution in [1.82, 2.24) is 19.9 Å². The number of rotatable bonds is 7. The summed E-state index contributed by atoms with van der Waals surface area (Å²) in [6, 6.07) is 6.11. The molecule has 1 amide bonds. The van der Waals surface area contributed by atoms with Gasteiger partial charge in [0.25, 0.3) is 5.91 Å². The third-order valence-corrected chi connectivity index (χ3v) is 5.54. The maximum atomic E-state index is 13.3. The molecule has 0 atom stereocenters. The third kappa shape index (κ3) is 4.76. The van der Waals surface area contributed by atoms with Crippen LogP contribution in [0.15, 0.2) is 36.7 Å². The summed E-state index contributed by atoms with van der Waals surface area (Å²) in [5, 5.41) is 14.0. The Labute approximate surface area is 181 Å². The first-order chi connectivity index (χ1) is 15.2. The van der Waals surface area contributed by atoms with Crippen molar-refractivity contribution in [3.8, 4) is 0 Å². The van der Waals surface area contributed by atoms with Crippen molar-refractivity contribution in [2.75, 3.05) is 19.6 Å². The van der Waals surface area contributed by atoms with Crippen LogP contribution in [-0.2, 0) is 19.4 Å². The van der Waals surface area contributed by atoms with E-state index in [0.29, 0.717) is 31.0 Å². The van der Waals surface area contributed by atoms with E-state index in [1.807, 2.05) is 10.8 Å². The normalized spacial score (nSPS) is 14.3. The van der Waals surface area contributed by atoms with E-state index < -0.39 is 18.5 Å². The van der Waals surface area contributed by atoms with Gasteiger partial charge in [-0.15, -0.1) is 0 Å². The molecule has 1 aliphatic rings. The first-order valence-corrected chi connectivity index (χ1v) is 10.2. The second kappa shape index (κ2) is 8.87. The molecule has 32 heavy (non-hydrogen) atoms. The fourth-order valence-electron chi connectivity index (χ4n) is 3.99. The lowest BCUT2D eigenvalue weighted by atomic mass is 9.98. The Kier molecular flexibility index (Phi) is 6.16. The molecule has 0 saturated heterocycles. The summed E-state index contributed by atoms with van der Waals surface area (Å²) in [7, 11) is 0. The van der Waals surface area contributed by atoms with Gasteiger partial charge in [0.05, 0.1) is 24.7 Å². The van der Waals surface area contributed by atoms with E-state index in [1.54, 1.807) is 18.3 Å². The van der Waals surface area contributed by atoms with Crippen LogP contribution >= 0.6 is 0 Å². The van der Waals surface area contributed by atoms with Crippen LogP contribution < -0.4 is 5.32 Å². The maximum absolute atomic E-state index is 13.3. The van der Waals surface area contributed by atoms with Crippen LogP contribution in [0.25, 0.3) is 10.9 Å². The average Bonchev–Trinajstić information content (AvgIpc) is 3.09. The molecule has 1 aliphatic heterocycles. The smallest absolute Gasteiger partial charge is 0.342 e. The number of halogens is 4. The monoisotopic (exact) mass is 450 g/mol. The molecule has 2 aromatic heterocycles. The number of fused-ring (bicyclic) bond motifs is 3. The van der Waals surface area contributed by atoms with Gasteiger partial charge in [-0.3, -0.25) is 10.0 Å². The largest absolute Gasteiger partial charge is 0.390 e. The number of benzene rings is 1. The minimum Gasteiger partial charge on any atom is -0.342 e. The number of hydrogen-bond donors (Lipinski definition) is 2. The van der Waals surface area contributed by atoms with Crippen molar-refractivity contribution < 1.29 is 27.6 Å². The molecule has 6 nitrogen and oxygen atoms in total. The number of hydroxylamine groups is 2. The lowest BCUT2D eigenvalue weighted by molar-refractivity contribution is -0.133. The van der Waals surface area contributed by atoms with E-state index in [-0.39, 0.29) is 24.6 Å². The van der Waals surface area contributed by atoms with Gasteiger partial charge in [0.2, 0.25) is 0 Å². The molecule has 0 spiro atoms. The van der Waals surface area contributed by atoms with Gasteiger partial charge in [0.1, 0.15) is 11.5 Å². The van der Waals surface area contributed by atoms with E-state index in [1.165, 1.54) is 12.1 Å². The van der Waals surface area contributed by atoms with Gasteiger partial charge in [-0.05, 0) is 48.2 Å². The lowest BCUT2D eigenvalue weighted by Gasteiger charge is -2.23. The van der Waals surface area contributed by atoms with Crippen LogP contribution in [0.4, 0.5) is 17.6 Å². The summed E-state index contributed by atoms with van der Waals surface area (Å²) in [5.74, 6) is -0.909. The first kappa shape index (κ1) is 22.2. The Bertz CT molecular complexity index is 1130. The first-order valence-electron chi connectivity index (χ1n) is 10.2. The third-order valence-electron chi connectivity index (χ3n) is 5.54. The van der Waals surface area contributed by atoms with Crippen LogP contribution in [0.3, 0.4) is 0 Å². The van der Waals surface area contributed by atoms with Gasteiger partial charge in [-0.1, -0.05) is 12.1 Å². The summed E-state index contributed by atoms with van der Waals surface area (Å²) >= 11 is 0. The SMILES string of the molecule is O=C1c2ncc3c(c(CCNCCC(F)(F)F)cn3Cc3ccc(F)cc3)c2CCN1O. The summed E-state index contributed by atoms with van der Waals surface area (Å²) < 4.78 is 52.3. The van der Waals surface area contributed by atoms with Crippen molar-refractivity contribution in [3.05, 3.63) is 64.9 Å². The zero-order valence-corrected chi connectivity index (χ0v) is 17.1. The molecule has 0 saturated carbocycles. The Morgan fingerprint density at radius 3 is 2.62 bits per heavy atom. The molecule has 3 heterocycles. The fraction of sp³-hybridized carbons (Fsp3) is 0.364. The number of amides is 1. The number of hydrogen-bond acceptors (Lipinski definition) is 4. The second-order valence-corrected chi connectivity index (χ2v) is 7.80. The van der Waals surface area contributed by atoms with E-state index in [0.717, 1.165) is 27.6 Å². The summed E-state index contributed by atoms with van der Waals surface area (Å²) in [6.45, 7) is 0.746. The van der Waals surface area contributed by atoms with E-state index in [2.05, 4.69) is 10.3 Å². The molecule has 0 unspecified atom stereocenters. The lowest BCUT2D eigenvalue weighted by Crippen LogP contribution is -2.35. The standard InChI is InChI=1S/C22H22F4N4O2/c23-16-3-1-14(2-4-16)12-29-13-15(5-8-27-9-7-22(24,25)26)19-17-6-10-30(32)21(31)20(17)28-11-18(19)29/h1-4,11,13,27,32H,5-10,12H2. The van der Waals surface area contributed by atoms with Crippen LogP contribution in [0, 0.1) is 5.82 Å². The molecule has 1 aromatic carbocycles. The molecule has 4 rings (SSSR count). The van der Waals surface area contributed by atoms with Gasteiger partial charge < -0.3 is 9.88 Å². The highest BCUT2D eigenvalue weighted by Gasteiger charge is 2.29. The van der Waals surface area contributed by atoms with Gasteiger partial charge in [0.15, 0.2) is 0 Å². The van der Waals surface area contributed by atoms with Crippen molar-refractivity contribution in [2.45, 2.75) is 32.0 Å². The molecule has 2 N–H and O–H groups in total. The van der Waals surface area contributed by atoms with E-state index in [9.17, 15) is 27.6 Å². The molecular weight excluding hydrogens is 428 g/mol.